The van der Waals surface area contributed by atoms with Crippen molar-refractivity contribution in [2.24, 2.45) is 0 Å². The van der Waals surface area contributed by atoms with E-state index in [2.05, 4.69) is 15.5 Å². The van der Waals surface area contributed by atoms with Gasteiger partial charge in [0.1, 0.15) is 0 Å². The van der Waals surface area contributed by atoms with Crippen LogP contribution in [0.2, 0.25) is 5.02 Å². The first kappa shape index (κ1) is 16.6. The summed E-state index contributed by atoms with van der Waals surface area (Å²) >= 11 is 7.39. The van der Waals surface area contributed by atoms with Crippen LogP contribution in [0.25, 0.3) is 5.69 Å². The highest BCUT2D eigenvalue weighted by Gasteiger charge is 2.19. The smallest absolute Gasteiger partial charge is 0.240 e. The molecule has 2 aromatic heterocycles. The largest absolute Gasteiger partial charge is 0.338 e. The van der Waals surface area contributed by atoms with E-state index >= 15 is 0 Å². The zero-order valence-corrected chi connectivity index (χ0v) is 14.6. The molecule has 0 aliphatic carbocycles. The zero-order chi connectivity index (χ0) is 17.1. The fourth-order valence-electron chi connectivity index (χ4n) is 2.06. The molecular formula is C16H15ClN4O2S. The maximum atomic E-state index is 12.3. The van der Waals surface area contributed by atoms with E-state index in [1.165, 1.54) is 11.8 Å². The highest BCUT2D eigenvalue weighted by atomic mass is 35.5. The van der Waals surface area contributed by atoms with Crippen LogP contribution in [0.5, 0.6) is 0 Å². The quantitative estimate of drug-likeness (QED) is 0.696. The summed E-state index contributed by atoms with van der Waals surface area (Å²) < 4.78 is 6.89. The molecule has 0 radical (unpaired) electrons. The molecule has 0 spiro atoms. The number of hydrogen-bond donors (Lipinski definition) is 1. The second kappa shape index (κ2) is 7.11. The Morgan fingerprint density at radius 3 is 2.96 bits per heavy atom. The second-order valence-corrected chi connectivity index (χ2v) is 6.89. The normalized spacial score (nSPS) is 12.1. The van der Waals surface area contributed by atoms with Crippen molar-refractivity contribution in [2.75, 3.05) is 5.32 Å². The molecule has 6 nitrogen and oxygen atoms in total. The summed E-state index contributed by atoms with van der Waals surface area (Å²) in [5.41, 5.74) is 1.60. The Bertz CT molecular complexity index is 861. The summed E-state index contributed by atoms with van der Waals surface area (Å²) in [5, 5.41) is 7.42. The molecule has 0 saturated heterocycles. The number of carbonyl (C=O) groups is 1. The van der Waals surface area contributed by atoms with Gasteiger partial charge in [0, 0.05) is 29.2 Å². The third kappa shape index (κ3) is 3.80. The molecule has 1 N–H and O–H groups in total. The molecule has 0 aliphatic rings. The molecule has 1 atom stereocenters. The van der Waals surface area contributed by atoms with E-state index < -0.39 is 0 Å². The van der Waals surface area contributed by atoms with Crippen LogP contribution in [0.4, 0.5) is 5.88 Å². The van der Waals surface area contributed by atoms with Crippen molar-refractivity contribution in [3.8, 4) is 5.69 Å². The molecule has 124 valence electrons. The Labute approximate surface area is 148 Å². The molecule has 24 heavy (non-hydrogen) atoms. The Balaban J connectivity index is 1.72. The van der Waals surface area contributed by atoms with Crippen molar-refractivity contribution in [3.05, 3.63) is 53.4 Å². The number of benzene rings is 1. The van der Waals surface area contributed by atoms with Gasteiger partial charge in [-0.15, -0.1) is 0 Å². The van der Waals surface area contributed by atoms with Crippen LogP contribution in [-0.4, -0.2) is 25.9 Å². The SMILES string of the molecule is Cc1cc(NC(=O)C(C)Sc2nccn2-c2cccc(Cl)c2)on1. The highest BCUT2D eigenvalue weighted by molar-refractivity contribution is 8.00. The average Bonchev–Trinajstić information content (AvgIpc) is 3.16. The number of halogens is 1. The maximum Gasteiger partial charge on any atom is 0.240 e. The van der Waals surface area contributed by atoms with Gasteiger partial charge in [-0.05, 0) is 32.0 Å². The zero-order valence-electron chi connectivity index (χ0n) is 13.1. The fraction of sp³-hybridized carbons (Fsp3) is 0.188. The minimum atomic E-state index is -0.365. The molecule has 2 heterocycles. The van der Waals surface area contributed by atoms with Crippen molar-refractivity contribution >= 4 is 35.2 Å². The Morgan fingerprint density at radius 1 is 1.42 bits per heavy atom. The third-order valence-electron chi connectivity index (χ3n) is 3.22. The van der Waals surface area contributed by atoms with Crippen LogP contribution in [-0.2, 0) is 4.79 Å². The third-order valence-corrected chi connectivity index (χ3v) is 4.53. The van der Waals surface area contributed by atoms with E-state index in [0.29, 0.717) is 21.8 Å². The molecular weight excluding hydrogens is 348 g/mol. The lowest BCUT2D eigenvalue weighted by Gasteiger charge is -2.12. The van der Waals surface area contributed by atoms with E-state index in [4.69, 9.17) is 16.1 Å². The average molecular weight is 363 g/mol. The number of anilines is 1. The van der Waals surface area contributed by atoms with E-state index in [0.717, 1.165) is 5.69 Å². The van der Waals surface area contributed by atoms with Gasteiger partial charge in [-0.25, -0.2) is 4.98 Å². The van der Waals surface area contributed by atoms with Gasteiger partial charge in [-0.1, -0.05) is 34.6 Å². The molecule has 3 aromatic rings. The Kier molecular flexibility index (Phi) is 4.92. The number of amides is 1. The first-order chi connectivity index (χ1) is 11.5. The minimum Gasteiger partial charge on any atom is -0.338 e. The topological polar surface area (TPSA) is 73.0 Å². The number of imidazole rings is 1. The van der Waals surface area contributed by atoms with Crippen LogP contribution in [0.15, 0.2) is 52.4 Å². The van der Waals surface area contributed by atoms with Gasteiger partial charge in [0.2, 0.25) is 11.8 Å². The summed E-state index contributed by atoms with van der Waals surface area (Å²) in [5.74, 6) is 0.153. The lowest BCUT2D eigenvalue weighted by atomic mass is 10.3. The number of aromatic nitrogens is 3. The molecule has 3 rings (SSSR count). The predicted molar refractivity (Wildman–Crippen MR) is 93.8 cm³/mol. The molecule has 1 aromatic carbocycles. The van der Waals surface area contributed by atoms with Crippen molar-refractivity contribution < 1.29 is 9.32 Å². The Morgan fingerprint density at radius 2 is 2.25 bits per heavy atom. The number of nitrogens with zero attached hydrogens (tertiary/aromatic N) is 3. The van der Waals surface area contributed by atoms with E-state index in [1.54, 1.807) is 26.1 Å². The molecule has 1 unspecified atom stereocenters. The first-order valence-electron chi connectivity index (χ1n) is 7.23. The molecule has 0 fully saturated rings. The molecule has 0 aliphatic heterocycles. The molecule has 0 bridgehead atoms. The lowest BCUT2D eigenvalue weighted by molar-refractivity contribution is -0.115. The van der Waals surface area contributed by atoms with Crippen molar-refractivity contribution in [3.63, 3.8) is 0 Å². The van der Waals surface area contributed by atoms with E-state index in [9.17, 15) is 4.79 Å². The van der Waals surface area contributed by atoms with Crippen molar-refractivity contribution in [1.29, 1.82) is 0 Å². The second-order valence-electron chi connectivity index (χ2n) is 5.14. The number of aryl methyl sites for hydroxylation is 1. The standard InChI is InChI=1S/C16H15ClN4O2S/c1-10-8-14(23-20-10)19-15(22)11(2)24-16-18-6-7-21(16)13-5-3-4-12(17)9-13/h3-9,11H,1-2H3,(H,19,22). The van der Waals surface area contributed by atoms with Crippen LogP contribution in [0.1, 0.15) is 12.6 Å². The monoisotopic (exact) mass is 362 g/mol. The van der Waals surface area contributed by atoms with Crippen molar-refractivity contribution in [2.45, 2.75) is 24.3 Å². The highest BCUT2D eigenvalue weighted by Crippen LogP contribution is 2.26. The number of thioether (sulfide) groups is 1. The van der Waals surface area contributed by atoms with Crippen LogP contribution >= 0.6 is 23.4 Å². The van der Waals surface area contributed by atoms with Gasteiger partial charge in [0.05, 0.1) is 10.9 Å². The van der Waals surface area contributed by atoms with Crippen LogP contribution in [0.3, 0.4) is 0 Å². The number of carbonyl (C=O) groups excluding carboxylic acids is 1. The maximum absolute atomic E-state index is 12.3. The van der Waals surface area contributed by atoms with Crippen molar-refractivity contribution in [1.82, 2.24) is 14.7 Å². The number of nitrogens with one attached hydrogen (secondary N) is 1. The summed E-state index contributed by atoms with van der Waals surface area (Å²) in [7, 11) is 0. The summed E-state index contributed by atoms with van der Waals surface area (Å²) in [6.07, 6.45) is 3.52. The summed E-state index contributed by atoms with van der Waals surface area (Å²) in [6.45, 7) is 3.60. The fourth-order valence-corrected chi connectivity index (χ4v) is 3.12. The van der Waals surface area contributed by atoms with Gasteiger partial charge in [-0.3, -0.25) is 14.7 Å². The summed E-state index contributed by atoms with van der Waals surface area (Å²) in [6, 6.07) is 9.12. The van der Waals surface area contributed by atoms with Gasteiger partial charge < -0.3 is 4.52 Å². The van der Waals surface area contributed by atoms with Gasteiger partial charge in [0.25, 0.3) is 0 Å². The Hall–Kier alpha value is -2.25. The molecule has 1 amide bonds. The number of hydrogen-bond acceptors (Lipinski definition) is 5. The van der Waals surface area contributed by atoms with Gasteiger partial charge in [-0.2, -0.15) is 0 Å². The summed E-state index contributed by atoms with van der Waals surface area (Å²) in [4.78, 5) is 16.6. The lowest BCUT2D eigenvalue weighted by Crippen LogP contribution is -2.22. The van der Waals surface area contributed by atoms with E-state index in [1.807, 2.05) is 35.0 Å². The van der Waals surface area contributed by atoms with Gasteiger partial charge >= 0.3 is 0 Å². The van der Waals surface area contributed by atoms with Gasteiger partial charge in [0.15, 0.2) is 5.16 Å². The first-order valence-corrected chi connectivity index (χ1v) is 8.49. The minimum absolute atomic E-state index is 0.184. The predicted octanol–water partition coefficient (Wildman–Crippen LogP) is 3.94. The van der Waals surface area contributed by atoms with E-state index in [-0.39, 0.29) is 11.2 Å². The van der Waals surface area contributed by atoms with Crippen LogP contribution in [0, 0.1) is 6.92 Å². The number of rotatable bonds is 5. The molecule has 0 saturated carbocycles. The molecule has 8 heteroatoms. The van der Waals surface area contributed by atoms with Crippen LogP contribution < -0.4 is 5.32 Å².